The van der Waals surface area contributed by atoms with Gasteiger partial charge in [-0.05, 0) is 30.3 Å². The van der Waals surface area contributed by atoms with E-state index in [1.54, 1.807) is 24.3 Å². The average Bonchev–Trinajstić information content (AvgIpc) is 3.10. The number of alkyl halides is 3. The SMILES string of the molecule is O=C(CSc1n[nH]c(-c2ccccc2Cl)n1)Nc1cc(C(F)(F)F)ccc1Cl. The quantitative estimate of drug-likeness (QED) is 0.505. The molecule has 0 unspecified atom stereocenters. The van der Waals surface area contributed by atoms with Crippen LogP contribution in [0.4, 0.5) is 18.9 Å². The molecule has 0 spiro atoms. The number of anilines is 1. The van der Waals surface area contributed by atoms with E-state index in [9.17, 15) is 18.0 Å². The molecule has 0 bridgehead atoms. The maximum atomic E-state index is 12.8. The van der Waals surface area contributed by atoms with Crippen LogP contribution < -0.4 is 5.32 Å². The molecule has 0 aliphatic heterocycles. The fourth-order valence-electron chi connectivity index (χ4n) is 2.20. The predicted molar refractivity (Wildman–Crippen MR) is 103 cm³/mol. The molecule has 0 fully saturated rings. The predicted octanol–water partition coefficient (Wildman–Crippen LogP) is 5.53. The highest BCUT2D eigenvalue weighted by molar-refractivity contribution is 7.99. The van der Waals surface area contributed by atoms with Crippen molar-refractivity contribution in [1.29, 1.82) is 0 Å². The number of H-pyrrole nitrogens is 1. The number of amides is 1. The number of halogens is 5. The molecule has 1 heterocycles. The number of thioether (sulfide) groups is 1. The van der Waals surface area contributed by atoms with Gasteiger partial charge in [-0.15, -0.1) is 5.10 Å². The maximum absolute atomic E-state index is 12.8. The standard InChI is InChI=1S/C17H11Cl2F3N4OS/c18-11-4-2-1-3-10(11)15-24-16(26-25-15)28-8-14(27)23-13-7-9(17(20,21)22)5-6-12(13)19/h1-7H,8H2,(H,23,27)(H,24,25,26). The first-order valence-electron chi connectivity index (χ1n) is 7.71. The second-order valence-corrected chi connectivity index (χ2v) is 7.23. The molecule has 0 saturated heterocycles. The summed E-state index contributed by atoms with van der Waals surface area (Å²) in [5.41, 5.74) is -0.365. The summed E-state index contributed by atoms with van der Waals surface area (Å²) in [7, 11) is 0. The molecule has 2 aromatic carbocycles. The van der Waals surface area contributed by atoms with Crippen molar-refractivity contribution in [2.45, 2.75) is 11.3 Å². The van der Waals surface area contributed by atoms with Gasteiger partial charge in [0, 0.05) is 5.56 Å². The minimum Gasteiger partial charge on any atom is -0.324 e. The highest BCUT2D eigenvalue weighted by atomic mass is 35.5. The summed E-state index contributed by atoms with van der Waals surface area (Å²) in [6, 6.07) is 9.75. The molecule has 2 N–H and O–H groups in total. The van der Waals surface area contributed by atoms with Gasteiger partial charge in [0.05, 0.1) is 27.0 Å². The van der Waals surface area contributed by atoms with Crippen LogP contribution in [0.2, 0.25) is 10.0 Å². The Bertz CT molecular complexity index is 1010. The zero-order valence-electron chi connectivity index (χ0n) is 13.8. The zero-order chi connectivity index (χ0) is 20.3. The Balaban J connectivity index is 1.63. The monoisotopic (exact) mass is 446 g/mol. The van der Waals surface area contributed by atoms with Crippen molar-refractivity contribution in [3.05, 3.63) is 58.1 Å². The van der Waals surface area contributed by atoms with Crippen LogP contribution in [-0.2, 0) is 11.0 Å². The normalized spacial score (nSPS) is 11.5. The van der Waals surface area contributed by atoms with E-state index in [0.29, 0.717) is 21.6 Å². The lowest BCUT2D eigenvalue weighted by molar-refractivity contribution is -0.137. The number of aromatic amines is 1. The molecule has 28 heavy (non-hydrogen) atoms. The number of hydrogen-bond acceptors (Lipinski definition) is 4. The topological polar surface area (TPSA) is 70.7 Å². The Kier molecular flexibility index (Phi) is 6.17. The number of carbonyl (C=O) groups is 1. The van der Waals surface area contributed by atoms with E-state index in [0.717, 1.165) is 30.0 Å². The van der Waals surface area contributed by atoms with Gasteiger partial charge in [-0.2, -0.15) is 13.2 Å². The molecular weight excluding hydrogens is 436 g/mol. The summed E-state index contributed by atoms with van der Waals surface area (Å²) in [6.45, 7) is 0. The van der Waals surface area contributed by atoms with Crippen molar-refractivity contribution in [3.63, 3.8) is 0 Å². The summed E-state index contributed by atoms with van der Waals surface area (Å²) >= 11 is 13.0. The van der Waals surface area contributed by atoms with E-state index in [2.05, 4.69) is 20.5 Å². The molecule has 0 saturated carbocycles. The van der Waals surface area contributed by atoms with Crippen molar-refractivity contribution in [2.24, 2.45) is 0 Å². The summed E-state index contributed by atoms with van der Waals surface area (Å²) in [5, 5.41) is 9.87. The van der Waals surface area contributed by atoms with Gasteiger partial charge in [0.25, 0.3) is 0 Å². The van der Waals surface area contributed by atoms with Crippen molar-refractivity contribution in [3.8, 4) is 11.4 Å². The molecule has 0 radical (unpaired) electrons. The molecule has 1 aromatic heterocycles. The first-order valence-corrected chi connectivity index (χ1v) is 9.45. The van der Waals surface area contributed by atoms with Gasteiger partial charge >= 0.3 is 6.18 Å². The molecule has 0 aliphatic carbocycles. The Morgan fingerprint density at radius 1 is 1.14 bits per heavy atom. The highest BCUT2D eigenvalue weighted by Crippen LogP contribution is 2.34. The van der Waals surface area contributed by atoms with Crippen LogP contribution in [0.5, 0.6) is 0 Å². The van der Waals surface area contributed by atoms with Gasteiger partial charge in [0.2, 0.25) is 11.1 Å². The lowest BCUT2D eigenvalue weighted by Gasteiger charge is -2.11. The van der Waals surface area contributed by atoms with Gasteiger partial charge in [0.15, 0.2) is 5.82 Å². The highest BCUT2D eigenvalue weighted by Gasteiger charge is 2.31. The number of nitrogens with zero attached hydrogens (tertiary/aromatic N) is 2. The van der Waals surface area contributed by atoms with Crippen LogP contribution in [0.3, 0.4) is 0 Å². The maximum Gasteiger partial charge on any atom is 0.416 e. The minimum atomic E-state index is -4.53. The summed E-state index contributed by atoms with van der Waals surface area (Å²) in [6.07, 6.45) is -4.53. The molecule has 0 atom stereocenters. The Morgan fingerprint density at radius 2 is 1.89 bits per heavy atom. The van der Waals surface area contributed by atoms with Crippen molar-refractivity contribution >= 4 is 46.6 Å². The van der Waals surface area contributed by atoms with Gasteiger partial charge in [-0.25, -0.2) is 4.98 Å². The number of hydrogen-bond donors (Lipinski definition) is 2. The van der Waals surface area contributed by atoms with Crippen molar-refractivity contribution < 1.29 is 18.0 Å². The van der Waals surface area contributed by atoms with Crippen LogP contribution >= 0.6 is 35.0 Å². The second kappa shape index (κ2) is 8.42. The fraction of sp³-hybridized carbons (Fsp3) is 0.118. The molecule has 1 amide bonds. The van der Waals surface area contributed by atoms with Crippen molar-refractivity contribution in [2.75, 3.05) is 11.1 Å². The number of carbonyl (C=O) groups excluding carboxylic acids is 1. The molecule has 3 aromatic rings. The molecule has 3 rings (SSSR count). The van der Waals surface area contributed by atoms with E-state index in [1.807, 2.05) is 0 Å². The zero-order valence-corrected chi connectivity index (χ0v) is 16.2. The van der Waals surface area contributed by atoms with Crippen LogP contribution in [0.15, 0.2) is 47.6 Å². The Morgan fingerprint density at radius 3 is 2.61 bits per heavy atom. The van der Waals surface area contributed by atoms with E-state index in [4.69, 9.17) is 23.2 Å². The molecule has 11 heteroatoms. The van der Waals surface area contributed by atoms with Gasteiger partial charge < -0.3 is 5.32 Å². The van der Waals surface area contributed by atoms with E-state index in [1.165, 1.54) is 0 Å². The number of rotatable bonds is 5. The van der Waals surface area contributed by atoms with E-state index >= 15 is 0 Å². The minimum absolute atomic E-state index is 0.00486. The van der Waals surface area contributed by atoms with E-state index < -0.39 is 17.6 Å². The first-order chi connectivity index (χ1) is 13.2. The Hall–Kier alpha value is -2.23. The van der Waals surface area contributed by atoms with Gasteiger partial charge in [0.1, 0.15) is 0 Å². The lowest BCUT2D eigenvalue weighted by Crippen LogP contribution is -2.15. The van der Waals surface area contributed by atoms with Gasteiger partial charge in [-0.3, -0.25) is 9.89 Å². The second-order valence-electron chi connectivity index (χ2n) is 5.48. The number of aromatic nitrogens is 3. The van der Waals surface area contributed by atoms with Gasteiger partial charge in [-0.1, -0.05) is 47.1 Å². The molecular formula is C17H11Cl2F3N4OS. The summed E-state index contributed by atoms with van der Waals surface area (Å²) in [5.74, 6) is -0.225. The van der Waals surface area contributed by atoms with Crippen LogP contribution in [-0.4, -0.2) is 26.8 Å². The lowest BCUT2D eigenvalue weighted by atomic mass is 10.2. The summed E-state index contributed by atoms with van der Waals surface area (Å²) in [4.78, 5) is 16.3. The van der Waals surface area contributed by atoms with Crippen LogP contribution in [0, 0.1) is 0 Å². The summed E-state index contributed by atoms with van der Waals surface area (Å²) < 4.78 is 38.4. The third-order valence-electron chi connectivity index (χ3n) is 3.49. The van der Waals surface area contributed by atoms with E-state index in [-0.39, 0.29) is 16.5 Å². The number of nitrogens with one attached hydrogen (secondary N) is 2. The fourth-order valence-corrected chi connectivity index (χ4v) is 3.19. The average molecular weight is 447 g/mol. The smallest absolute Gasteiger partial charge is 0.324 e. The molecule has 146 valence electrons. The third kappa shape index (κ3) is 4.98. The Labute approximate surface area is 171 Å². The molecule has 0 aliphatic rings. The number of benzene rings is 2. The third-order valence-corrected chi connectivity index (χ3v) is 5.00. The molecule has 5 nitrogen and oxygen atoms in total. The largest absolute Gasteiger partial charge is 0.416 e. The van der Waals surface area contributed by atoms with Crippen LogP contribution in [0.1, 0.15) is 5.56 Å². The van der Waals surface area contributed by atoms with Crippen LogP contribution in [0.25, 0.3) is 11.4 Å². The first kappa shape index (κ1) is 20.5. The van der Waals surface area contributed by atoms with Crippen molar-refractivity contribution in [1.82, 2.24) is 15.2 Å².